The van der Waals surface area contributed by atoms with Crippen LogP contribution in [0.2, 0.25) is 0 Å². The fraction of sp³-hybridized carbons (Fsp3) is 0.409. The molecule has 0 aliphatic rings. The average molecular weight is 496 g/mol. The molecule has 0 saturated carbocycles. The van der Waals surface area contributed by atoms with Crippen LogP contribution in [0.1, 0.15) is 54.2 Å². The number of nitrogens with two attached hydrogens (primary N) is 1. The standard InChI is InChI=1S/C22H27F3N6O4/c1-2-3-5-10-16(13-30(35)14-32)20(34)31(26)21-28-12-17(18(29-21)22(23,24)25)19(33)27-11-15-8-6-4-7-9-15/h4,6-9,12,14,16,35H,2-3,5,10-11,13,26H2,1H3,(H,27,33)/t16-/m1/s1. The van der Waals surface area contributed by atoms with E-state index >= 15 is 0 Å². The van der Waals surface area contributed by atoms with Gasteiger partial charge in [-0.25, -0.2) is 25.9 Å². The number of hydrogen-bond acceptors (Lipinski definition) is 7. The molecule has 10 nitrogen and oxygen atoms in total. The van der Waals surface area contributed by atoms with Crippen molar-refractivity contribution in [1.82, 2.24) is 20.3 Å². The minimum Gasteiger partial charge on any atom is -0.348 e. The second kappa shape index (κ2) is 12.8. The first-order valence-corrected chi connectivity index (χ1v) is 10.8. The maximum atomic E-state index is 13.7. The van der Waals surface area contributed by atoms with Crippen LogP contribution < -0.4 is 16.2 Å². The summed E-state index contributed by atoms with van der Waals surface area (Å²) in [6.45, 7) is 1.50. The highest BCUT2D eigenvalue weighted by molar-refractivity contribution is 5.96. The summed E-state index contributed by atoms with van der Waals surface area (Å²) in [6, 6.07) is 8.57. The molecule has 0 saturated heterocycles. The van der Waals surface area contributed by atoms with Crippen molar-refractivity contribution in [2.75, 3.05) is 11.6 Å². The second-order valence-electron chi connectivity index (χ2n) is 7.73. The quantitative estimate of drug-likeness (QED) is 0.102. The van der Waals surface area contributed by atoms with Crippen LogP contribution in [0.5, 0.6) is 0 Å². The van der Waals surface area contributed by atoms with Crippen LogP contribution in [0, 0.1) is 5.92 Å². The molecule has 2 aromatic rings. The van der Waals surface area contributed by atoms with Gasteiger partial charge in [0.25, 0.3) is 5.91 Å². The smallest absolute Gasteiger partial charge is 0.348 e. The summed E-state index contributed by atoms with van der Waals surface area (Å²) in [5, 5.41) is 12.5. The van der Waals surface area contributed by atoms with E-state index in [-0.39, 0.29) is 24.4 Å². The van der Waals surface area contributed by atoms with Crippen LogP contribution in [0.3, 0.4) is 0 Å². The minimum absolute atomic E-state index is 0.0198. The number of hydrogen-bond donors (Lipinski definition) is 3. The van der Waals surface area contributed by atoms with Crippen LogP contribution >= 0.6 is 0 Å². The number of halogens is 3. The van der Waals surface area contributed by atoms with Crippen LogP contribution in [0.25, 0.3) is 0 Å². The summed E-state index contributed by atoms with van der Waals surface area (Å²) >= 11 is 0. The number of carbonyl (C=O) groups is 3. The van der Waals surface area contributed by atoms with Gasteiger partial charge in [0.2, 0.25) is 18.3 Å². The molecule has 1 aromatic heterocycles. The number of hydroxylamine groups is 2. The zero-order chi connectivity index (χ0) is 26.0. The molecule has 0 aliphatic heterocycles. The number of nitrogens with zero attached hydrogens (tertiary/aromatic N) is 4. The van der Waals surface area contributed by atoms with E-state index in [1.165, 1.54) is 0 Å². The lowest BCUT2D eigenvalue weighted by molar-refractivity contribution is -0.154. The molecule has 2 rings (SSSR count). The van der Waals surface area contributed by atoms with E-state index in [2.05, 4.69) is 15.3 Å². The number of rotatable bonds is 12. The Balaban J connectivity index is 2.27. The molecule has 190 valence electrons. The fourth-order valence-electron chi connectivity index (χ4n) is 3.24. The van der Waals surface area contributed by atoms with Crippen molar-refractivity contribution in [2.24, 2.45) is 11.8 Å². The maximum absolute atomic E-state index is 13.7. The van der Waals surface area contributed by atoms with Gasteiger partial charge < -0.3 is 5.32 Å². The molecule has 0 unspecified atom stereocenters. The molecule has 35 heavy (non-hydrogen) atoms. The Labute approximate surface area is 199 Å². The van der Waals surface area contributed by atoms with E-state index in [1.54, 1.807) is 30.3 Å². The first-order chi connectivity index (χ1) is 16.6. The molecule has 4 N–H and O–H groups in total. The van der Waals surface area contributed by atoms with E-state index in [9.17, 15) is 32.8 Å². The van der Waals surface area contributed by atoms with Gasteiger partial charge in [0, 0.05) is 12.7 Å². The third-order valence-corrected chi connectivity index (χ3v) is 5.07. The molecule has 13 heteroatoms. The number of unbranched alkanes of at least 4 members (excludes halogenated alkanes) is 2. The average Bonchev–Trinajstić information content (AvgIpc) is 2.85. The Hall–Kier alpha value is -3.58. The molecule has 0 aliphatic carbocycles. The Bertz CT molecular complexity index is 1010. The van der Waals surface area contributed by atoms with Gasteiger partial charge in [-0.2, -0.15) is 13.2 Å². The summed E-state index contributed by atoms with van der Waals surface area (Å²) in [5.41, 5.74) is -1.72. The van der Waals surface area contributed by atoms with Gasteiger partial charge in [0.1, 0.15) is 0 Å². The highest BCUT2D eigenvalue weighted by Gasteiger charge is 2.39. The van der Waals surface area contributed by atoms with Crippen LogP contribution in [0.4, 0.5) is 19.1 Å². The summed E-state index contributed by atoms with van der Waals surface area (Å²) in [7, 11) is 0. The third-order valence-electron chi connectivity index (χ3n) is 5.07. The highest BCUT2D eigenvalue weighted by atomic mass is 19.4. The van der Waals surface area contributed by atoms with Gasteiger partial charge in [-0.3, -0.25) is 19.6 Å². The molecule has 0 bridgehead atoms. The lowest BCUT2D eigenvalue weighted by Crippen LogP contribution is -2.46. The summed E-state index contributed by atoms with van der Waals surface area (Å²) in [4.78, 5) is 43.1. The summed E-state index contributed by atoms with van der Waals surface area (Å²) in [6.07, 6.45) is -1.94. The van der Waals surface area contributed by atoms with Crippen molar-refractivity contribution in [3.05, 3.63) is 53.3 Å². The van der Waals surface area contributed by atoms with Gasteiger partial charge in [-0.15, -0.1) is 0 Å². The molecule has 0 spiro atoms. The zero-order valence-corrected chi connectivity index (χ0v) is 19.0. The van der Waals surface area contributed by atoms with Gasteiger partial charge in [-0.05, 0) is 12.0 Å². The lowest BCUT2D eigenvalue weighted by atomic mass is 10.00. The number of hydrazine groups is 1. The predicted octanol–water partition coefficient (Wildman–Crippen LogP) is 2.68. The van der Waals surface area contributed by atoms with E-state index in [1.807, 2.05) is 6.92 Å². The zero-order valence-electron chi connectivity index (χ0n) is 19.0. The topological polar surface area (TPSA) is 142 Å². The number of aromatic nitrogens is 2. The third kappa shape index (κ3) is 8.00. The monoisotopic (exact) mass is 496 g/mol. The van der Waals surface area contributed by atoms with Crippen molar-refractivity contribution < 1.29 is 32.8 Å². The Morgan fingerprint density at radius 3 is 2.51 bits per heavy atom. The molecule has 0 fully saturated rings. The van der Waals surface area contributed by atoms with E-state index in [0.29, 0.717) is 23.2 Å². The second-order valence-corrected chi connectivity index (χ2v) is 7.73. The highest BCUT2D eigenvalue weighted by Crippen LogP contribution is 2.31. The first kappa shape index (κ1) is 27.7. The number of anilines is 1. The molecule has 1 atom stereocenters. The molecular formula is C22H27F3N6O4. The van der Waals surface area contributed by atoms with Gasteiger partial charge in [0.15, 0.2) is 5.69 Å². The normalized spacial score (nSPS) is 12.1. The number of carbonyl (C=O) groups excluding carboxylic acids is 3. The Kier molecular flexibility index (Phi) is 10.1. The largest absolute Gasteiger partial charge is 0.434 e. The minimum atomic E-state index is -5.04. The predicted molar refractivity (Wildman–Crippen MR) is 119 cm³/mol. The molecule has 0 radical (unpaired) electrons. The number of benzene rings is 1. The number of alkyl halides is 3. The first-order valence-electron chi connectivity index (χ1n) is 10.8. The molecule has 3 amide bonds. The van der Waals surface area contributed by atoms with Crippen molar-refractivity contribution in [1.29, 1.82) is 0 Å². The van der Waals surface area contributed by atoms with Gasteiger partial charge in [-0.1, -0.05) is 56.5 Å². The van der Waals surface area contributed by atoms with E-state index in [4.69, 9.17) is 5.84 Å². The van der Waals surface area contributed by atoms with E-state index < -0.39 is 47.7 Å². The van der Waals surface area contributed by atoms with Gasteiger partial charge >= 0.3 is 6.18 Å². The van der Waals surface area contributed by atoms with E-state index in [0.717, 1.165) is 12.8 Å². The van der Waals surface area contributed by atoms with Crippen LogP contribution in [0.15, 0.2) is 36.5 Å². The van der Waals surface area contributed by atoms with Crippen molar-refractivity contribution in [2.45, 2.75) is 45.3 Å². The summed E-state index contributed by atoms with van der Waals surface area (Å²) < 4.78 is 41.1. The van der Waals surface area contributed by atoms with Crippen molar-refractivity contribution in [3.8, 4) is 0 Å². The molecule has 1 aromatic carbocycles. The molecule has 1 heterocycles. The van der Waals surface area contributed by atoms with Crippen LogP contribution in [-0.2, 0) is 22.3 Å². The van der Waals surface area contributed by atoms with Gasteiger partial charge in [0.05, 0.1) is 18.0 Å². The number of amides is 3. The van der Waals surface area contributed by atoms with Crippen molar-refractivity contribution >= 4 is 24.2 Å². The Morgan fingerprint density at radius 1 is 1.23 bits per heavy atom. The fourth-order valence-corrected chi connectivity index (χ4v) is 3.24. The van der Waals surface area contributed by atoms with Crippen LogP contribution in [-0.4, -0.2) is 45.0 Å². The maximum Gasteiger partial charge on any atom is 0.434 e. The number of nitrogens with one attached hydrogen (secondary N) is 1. The summed E-state index contributed by atoms with van der Waals surface area (Å²) in [5.74, 6) is 2.00. The SMILES string of the molecule is CCCCC[C@H](CN(O)C=O)C(=O)N(N)c1ncc(C(=O)NCc2ccccc2)c(C(F)(F)F)n1. The van der Waals surface area contributed by atoms with Crippen molar-refractivity contribution in [3.63, 3.8) is 0 Å². The lowest BCUT2D eigenvalue weighted by Gasteiger charge is -2.24. The molecular weight excluding hydrogens is 469 g/mol. The Morgan fingerprint density at radius 2 is 1.91 bits per heavy atom.